The van der Waals surface area contributed by atoms with Crippen molar-refractivity contribution in [1.29, 1.82) is 0 Å². The molecular formula is C35H64O3. The Kier molecular flexibility index (Phi) is 18.3. The molecule has 0 heterocycles. The van der Waals surface area contributed by atoms with E-state index in [0.717, 1.165) is 70.2 Å². The van der Waals surface area contributed by atoms with Crippen molar-refractivity contribution in [2.75, 3.05) is 6.61 Å². The number of hydrogen-bond donors (Lipinski definition) is 2. The summed E-state index contributed by atoms with van der Waals surface area (Å²) < 4.78 is 6.34. The molecular weight excluding hydrogens is 468 g/mol. The zero-order valence-electron chi connectivity index (χ0n) is 26.4. The van der Waals surface area contributed by atoms with E-state index >= 15 is 0 Å². The van der Waals surface area contributed by atoms with Gasteiger partial charge in [-0.05, 0) is 102 Å². The topological polar surface area (TPSA) is 49.7 Å². The second-order valence-corrected chi connectivity index (χ2v) is 12.7. The van der Waals surface area contributed by atoms with Gasteiger partial charge in [-0.1, -0.05) is 90.7 Å². The fourth-order valence-corrected chi connectivity index (χ4v) is 5.49. The molecule has 0 aliphatic heterocycles. The summed E-state index contributed by atoms with van der Waals surface area (Å²) in [6, 6.07) is 0. The molecule has 1 aliphatic rings. The number of unbranched alkanes of at least 4 members (excludes halogenated alkanes) is 7. The minimum atomic E-state index is -0.507. The summed E-state index contributed by atoms with van der Waals surface area (Å²) in [5.41, 5.74) is 3.37. The highest BCUT2D eigenvalue weighted by Gasteiger charge is 2.26. The molecule has 0 radical (unpaired) electrons. The normalized spacial score (nSPS) is 20.9. The van der Waals surface area contributed by atoms with Gasteiger partial charge in [-0.2, -0.15) is 0 Å². The predicted octanol–water partition coefficient (Wildman–Crippen LogP) is 10.2. The molecule has 0 aromatic heterocycles. The highest BCUT2D eigenvalue weighted by molar-refractivity contribution is 5.37. The van der Waals surface area contributed by atoms with Crippen molar-refractivity contribution < 1.29 is 14.9 Å². The molecule has 0 aromatic rings. The molecule has 2 N–H and O–H groups in total. The summed E-state index contributed by atoms with van der Waals surface area (Å²) >= 11 is 0. The van der Waals surface area contributed by atoms with E-state index in [4.69, 9.17) is 4.74 Å². The summed E-state index contributed by atoms with van der Waals surface area (Å²) in [5.74, 6) is 1.82. The van der Waals surface area contributed by atoms with Crippen LogP contribution in [0.5, 0.6) is 0 Å². The monoisotopic (exact) mass is 532 g/mol. The van der Waals surface area contributed by atoms with E-state index in [9.17, 15) is 10.2 Å². The second-order valence-electron chi connectivity index (χ2n) is 12.7. The maximum atomic E-state index is 10.6. The Labute approximate surface area is 237 Å². The van der Waals surface area contributed by atoms with E-state index in [0.29, 0.717) is 5.92 Å². The fraction of sp³-hybridized carbons (Fsp3) is 0.829. The van der Waals surface area contributed by atoms with Crippen molar-refractivity contribution in [3.05, 3.63) is 34.6 Å². The molecule has 3 nitrogen and oxygen atoms in total. The molecule has 0 bridgehead atoms. The largest absolute Gasteiger partial charge is 0.493 e. The highest BCUT2D eigenvalue weighted by atomic mass is 16.5. The third-order valence-corrected chi connectivity index (χ3v) is 8.63. The summed E-state index contributed by atoms with van der Waals surface area (Å²) in [6.07, 6.45) is 23.6. The Balaban J connectivity index is 2.42. The van der Waals surface area contributed by atoms with Crippen LogP contribution in [0.3, 0.4) is 0 Å². The van der Waals surface area contributed by atoms with Crippen LogP contribution >= 0.6 is 0 Å². The van der Waals surface area contributed by atoms with Gasteiger partial charge in [0, 0.05) is 5.92 Å². The van der Waals surface area contributed by atoms with Crippen LogP contribution in [0.4, 0.5) is 0 Å². The predicted molar refractivity (Wildman–Crippen MR) is 165 cm³/mol. The van der Waals surface area contributed by atoms with Crippen molar-refractivity contribution in [2.24, 2.45) is 11.8 Å². The average Bonchev–Trinajstić information content (AvgIpc) is 2.86. The van der Waals surface area contributed by atoms with Gasteiger partial charge in [-0.25, -0.2) is 0 Å². The first-order valence-electron chi connectivity index (χ1n) is 16.2. The van der Waals surface area contributed by atoms with Crippen LogP contribution in [0.1, 0.15) is 158 Å². The lowest BCUT2D eigenvalue weighted by Gasteiger charge is -2.29. The molecule has 0 aromatic carbocycles. The molecule has 38 heavy (non-hydrogen) atoms. The molecule has 3 heteroatoms. The maximum Gasteiger partial charge on any atom is 0.121 e. The number of aliphatic hydroxyl groups excluding tert-OH is 1. The van der Waals surface area contributed by atoms with Crippen molar-refractivity contribution in [3.63, 3.8) is 0 Å². The van der Waals surface area contributed by atoms with E-state index in [1.807, 2.05) is 6.92 Å². The van der Waals surface area contributed by atoms with Crippen LogP contribution in [-0.2, 0) is 4.74 Å². The Morgan fingerprint density at radius 2 is 1.63 bits per heavy atom. The lowest BCUT2D eigenvalue weighted by molar-refractivity contribution is 0.0375. The average molecular weight is 533 g/mol. The van der Waals surface area contributed by atoms with Gasteiger partial charge in [0.2, 0.25) is 0 Å². The van der Waals surface area contributed by atoms with E-state index in [2.05, 4.69) is 53.7 Å². The lowest BCUT2D eigenvalue weighted by Crippen LogP contribution is -2.23. The Morgan fingerprint density at radius 1 is 1.00 bits per heavy atom. The first kappa shape index (κ1) is 35.0. The van der Waals surface area contributed by atoms with Gasteiger partial charge in [0.05, 0.1) is 18.3 Å². The number of allylic oxidation sites excluding steroid dienone is 3. The maximum absolute atomic E-state index is 10.6. The van der Waals surface area contributed by atoms with Crippen molar-refractivity contribution in [3.8, 4) is 0 Å². The molecule has 1 aliphatic carbocycles. The molecule has 1 rings (SSSR count). The van der Waals surface area contributed by atoms with Crippen LogP contribution in [-0.4, -0.2) is 28.5 Å². The van der Waals surface area contributed by atoms with Gasteiger partial charge in [-0.3, -0.25) is 0 Å². The van der Waals surface area contributed by atoms with Crippen LogP contribution in [0.2, 0.25) is 0 Å². The quantitative estimate of drug-likeness (QED) is 0.108. The van der Waals surface area contributed by atoms with E-state index in [1.165, 1.54) is 68.1 Å². The van der Waals surface area contributed by atoms with Crippen LogP contribution in [0.15, 0.2) is 34.6 Å². The van der Waals surface area contributed by atoms with Gasteiger partial charge in [-0.15, -0.1) is 0 Å². The summed E-state index contributed by atoms with van der Waals surface area (Å²) in [7, 11) is 0. The van der Waals surface area contributed by atoms with Gasteiger partial charge >= 0.3 is 0 Å². The molecule has 222 valence electrons. The summed E-state index contributed by atoms with van der Waals surface area (Å²) in [4.78, 5) is 0. The van der Waals surface area contributed by atoms with Crippen molar-refractivity contribution >= 4 is 0 Å². The van der Waals surface area contributed by atoms with E-state index < -0.39 is 11.7 Å². The van der Waals surface area contributed by atoms with Crippen LogP contribution < -0.4 is 0 Å². The first-order valence-corrected chi connectivity index (χ1v) is 16.2. The minimum absolute atomic E-state index is 0.129. The van der Waals surface area contributed by atoms with Gasteiger partial charge in [0.15, 0.2) is 0 Å². The SMILES string of the molecule is CCCCCCCCOC1=C(C)C(C)C(O)C=C1CCC(C)CC/C=C(\C)CCCC(C)(O)CCCCC. The Morgan fingerprint density at radius 3 is 2.34 bits per heavy atom. The molecule has 0 amide bonds. The Hall–Kier alpha value is -1.06. The third kappa shape index (κ3) is 14.9. The van der Waals surface area contributed by atoms with E-state index in [-0.39, 0.29) is 5.92 Å². The van der Waals surface area contributed by atoms with E-state index in [1.54, 1.807) is 0 Å². The van der Waals surface area contributed by atoms with Crippen LogP contribution in [0.25, 0.3) is 0 Å². The van der Waals surface area contributed by atoms with Gasteiger partial charge in [0.1, 0.15) is 5.76 Å². The fourth-order valence-electron chi connectivity index (χ4n) is 5.49. The highest BCUT2D eigenvalue weighted by Crippen LogP contribution is 2.34. The zero-order valence-corrected chi connectivity index (χ0v) is 26.4. The van der Waals surface area contributed by atoms with Gasteiger partial charge < -0.3 is 14.9 Å². The van der Waals surface area contributed by atoms with Crippen LogP contribution in [0, 0.1) is 11.8 Å². The minimum Gasteiger partial charge on any atom is -0.493 e. The van der Waals surface area contributed by atoms with Crippen molar-refractivity contribution in [2.45, 2.75) is 169 Å². The van der Waals surface area contributed by atoms with Gasteiger partial charge in [0.25, 0.3) is 0 Å². The standard InChI is InChI=1S/C35H64O3/c1-8-10-12-13-14-16-26-38-34-31(6)30(5)33(36)27-32(34)23-22-29(4)20-17-19-28(3)21-18-25-35(7,37)24-15-11-9-2/h19,27,29-30,33,36-37H,8-18,20-26H2,1-7H3/b28-19+. The molecule has 4 atom stereocenters. The zero-order chi connectivity index (χ0) is 28.4. The molecule has 0 saturated carbocycles. The number of ether oxygens (including phenoxy) is 1. The summed E-state index contributed by atoms with van der Waals surface area (Å²) in [6.45, 7) is 16.1. The Bertz CT molecular complexity index is 715. The first-order chi connectivity index (χ1) is 18.1. The molecule has 0 saturated heterocycles. The lowest BCUT2D eigenvalue weighted by atomic mass is 9.84. The molecule has 4 unspecified atom stereocenters. The summed E-state index contributed by atoms with van der Waals surface area (Å²) in [5, 5.41) is 21.2. The molecule has 0 spiro atoms. The number of aliphatic hydroxyl groups is 2. The van der Waals surface area contributed by atoms with Crippen molar-refractivity contribution in [1.82, 2.24) is 0 Å². The third-order valence-electron chi connectivity index (χ3n) is 8.63. The molecule has 0 fully saturated rings. The second kappa shape index (κ2) is 19.9. The number of hydrogen-bond acceptors (Lipinski definition) is 3. The smallest absolute Gasteiger partial charge is 0.121 e. The number of rotatable bonds is 22.